The number of hydrogen-bond donors (Lipinski definition) is 1. The Kier molecular flexibility index (Phi) is 3.77. The lowest BCUT2D eigenvalue weighted by molar-refractivity contribution is 0.315. The number of H-pyrrole nitrogens is 1. The molecule has 1 fully saturated rings. The lowest BCUT2D eigenvalue weighted by atomic mass is 9.92. The van der Waals surface area contributed by atoms with Crippen LogP contribution in [-0.2, 0) is 10.0 Å². The molecule has 0 aliphatic carbocycles. The highest BCUT2D eigenvalue weighted by Gasteiger charge is 2.31. The number of piperidine rings is 1. The summed E-state index contributed by atoms with van der Waals surface area (Å²) in [6, 6.07) is 4.02. The third kappa shape index (κ3) is 2.84. The molecule has 0 radical (unpaired) electrons. The summed E-state index contributed by atoms with van der Waals surface area (Å²) in [7, 11) is -3.45. The van der Waals surface area contributed by atoms with E-state index in [9.17, 15) is 8.42 Å². The average molecular weight is 306 g/mol. The molecule has 1 aliphatic rings. The first kappa shape index (κ1) is 14.2. The maximum absolute atomic E-state index is 12.5. The van der Waals surface area contributed by atoms with Crippen molar-refractivity contribution in [1.29, 1.82) is 0 Å². The SMILES string of the molecule is Cc1cc([C@H]2CCCN(S(=O)(=O)c3cn[nH]c3)C2)ccn1. The van der Waals surface area contributed by atoms with Crippen LogP contribution in [0, 0.1) is 6.92 Å². The van der Waals surface area contributed by atoms with Crippen LogP contribution in [0.1, 0.15) is 30.0 Å². The van der Waals surface area contributed by atoms with E-state index in [4.69, 9.17) is 0 Å². The van der Waals surface area contributed by atoms with Crippen LogP contribution < -0.4 is 0 Å². The number of nitrogens with one attached hydrogen (secondary N) is 1. The van der Waals surface area contributed by atoms with E-state index in [0.29, 0.717) is 13.1 Å². The van der Waals surface area contributed by atoms with Crippen molar-refractivity contribution >= 4 is 10.0 Å². The fraction of sp³-hybridized carbons (Fsp3) is 0.429. The molecule has 1 saturated heterocycles. The predicted octanol–water partition coefficient (Wildman–Crippen LogP) is 1.68. The van der Waals surface area contributed by atoms with Gasteiger partial charge in [0, 0.05) is 31.2 Å². The van der Waals surface area contributed by atoms with Crippen molar-refractivity contribution in [2.24, 2.45) is 0 Å². The lowest BCUT2D eigenvalue weighted by Crippen LogP contribution is -2.38. The minimum atomic E-state index is -3.45. The Morgan fingerprint density at radius 1 is 1.43 bits per heavy atom. The monoisotopic (exact) mass is 306 g/mol. The molecule has 0 saturated carbocycles. The second kappa shape index (κ2) is 5.57. The second-order valence-electron chi connectivity index (χ2n) is 5.37. The molecule has 3 heterocycles. The molecule has 0 amide bonds. The molecule has 0 spiro atoms. The Bertz CT molecular complexity index is 712. The van der Waals surface area contributed by atoms with Crippen molar-refractivity contribution in [2.45, 2.75) is 30.6 Å². The van der Waals surface area contributed by atoms with Gasteiger partial charge in [0.15, 0.2) is 0 Å². The first-order chi connectivity index (χ1) is 10.1. The van der Waals surface area contributed by atoms with E-state index >= 15 is 0 Å². The maximum Gasteiger partial charge on any atom is 0.246 e. The third-order valence-electron chi connectivity index (χ3n) is 3.89. The summed E-state index contributed by atoms with van der Waals surface area (Å²) >= 11 is 0. The Morgan fingerprint density at radius 3 is 3.00 bits per heavy atom. The summed E-state index contributed by atoms with van der Waals surface area (Å²) in [4.78, 5) is 4.43. The number of aromatic nitrogens is 3. The molecule has 1 atom stereocenters. The molecule has 3 rings (SSSR count). The zero-order chi connectivity index (χ0) is 14.9. The van der Waals surface area contributed by atoms with E-state index in [1.807, 2.05) is 19.1 Å². The molecular weight excluding hydrogens is 288 g/mol. The largest absolute Gasteiger partial charge is 0.284 e. The van der Waals surface area contributed by atoms with Crippen molar-refractivity contribution in [3.05, 3.63) is 42.0 Å². The number of pyridine rings is 1. The molecule has 6 nitrogen and oxygen atoms in total. The number of rotatable bonds is 3. The molecule has 1 aliphatic heterocycles. The van der Waals surface area contributed by atoms with Crippen molar-refractivity contribution < 1.29 is 8.42 Å². The first-order valence-corrected chi connectivity index (χ1v) is 8.43. The van der Waals surface area contributed by atoms with Gasteiger partial charge in [-0.3, -0.25) is 10.1 Å². The van der Waals surface area contributed by atoms with Gasteiger partial charge in [-0.25, -0.2) is 8.42 Å². The molecular formula is C14H18N4O2S. The second-order valence-corrected chi connectivity index (χ2v) is 7.30. The zero-order valence-electron chi connectivity index (χ0n) is 11.9. The topological polar surface area (TPSA) is 79.0 Å². The third-order valence-corrected chi connectivity index (χ3v) is 5.72. The van der Waals surface area contributed by atoms with Gasteiger partial charge in [-0.2, -0.15) is 9.40 Å². The number of aryl methyl sites for hydroxylation is 1. The van der Waals surface area contributed by atoms with Crippen molar-refractivity contribution in [2.75, 3.05) is 13.1 Å². The highest BCUT2D eigenvalue weighted by atomic mass is 32.2. The van der Waals surface area contributed by atoms with Crippen molar-refractivity contribution in [3.8, 4) is 0 Å². The Labute approximate surface area is 124 Å². The summed E-state index contributed by atoms with van der Waals surface area (Å²) in [5, 5.41) is 6.29. The average Bonchev–Trinajstić information content (AvgIpc) is 3.02. The van der Waals surface area contributed by atoms with Gasteiger partial charge in [-0.15, -0.1) is 0 Å². The normalized spacial score (nSPS) is 20.5. The van der Waals surface area contributed by atoms with Crippen LogP contribution in [0.4, 0.5) is 0 Å². The molecule has 112 valence electrons. The zero-order valence-corrected chi connectivity index (χ0v) is 12.7. The lowest BCUT2D eigenvalue weighted by Gasteiger charge is -2.31. The van der Waals surface area contributed by atoms with Gasteiger partial charge in [0.25, 0.3) is 0 Å². The highest BCUT2D eigenvalue weighted by molar-refractivity contribution is 7.89. The van der Waals surface area contributed by atoms with Gasteiger partial charge in [-0.05, 0) is 43.4 Å². The van der Waals surface area contributed by atoms with Crippen LogP contribution in [0.3, 0.4) is 0 Å². The molecule has 0 unspecified atom stereocenters. The van der Waals surface area contributed by atoms with E-state index < -0.39 is 10.0 Å². The number of hydrogen-bond acceptors (Lipinski definition) is 4. The van der Waals surface area contributed by atoms with Crippen LogP contribution >= 0.6 is 0 Å². The first-order valence-electron chi connectivity index (χ1n) is 6.99. The summed E-state index contributed by atoms with van der Waals surface area (Å²) in [5.41, 5.74) is 2.12. The number of nitrogens with zero attached hydrogens (tertiary/aromatic N) is 3. The van der Waals surface area contributed by atoms with Gasteiger partial charge < -0.3 is 0 Å². The van der Waals surface area contributed by atoms with E-state index in [0.717, 1.165) is 24.1 Å². The Morgan fingerprint density at radius 2 is 2.29 bits per heavy atom. The van der Waals surface area contributed by atoms with Gasteiger partial charge in [0.1, 0.15) is 4.90 Å². The fourth-order valence-electron chi connectivity index (χ4n) is 2.78. The molecule has 0 bridgehead atoms. The van der Waals surface area contributed by atoms with Crippen molar-refractivity contribution in [1.82, 2.24) is 19.5 Å². The van der Waals surface area contributed by atoms with Gasteiger partial charge in [0.05, 0.1) is 6.20 Å². The van der Waals surface area contributed by atoms with Crippen LogP contribution in [-0.4, -0.2) is 41.0 Å². The number of sulfonamides is 1. The van der Waals surface area contributed by atoms with Crippen LogP contribution in [0.5, 0.6) is 0 Å². The quantitative estimate of drug-likeness (QED) is 0.935. The highest BCUT2D eigenvalue weighted by Crippen LogP contribution is 2.30. The smallest absolute Gasteiger partial charge is 0.246 e. The fourth-order valence-corrected chi connectivity index (χ4v) is 4.21. The summed E-state index contributed by atoms with van der Waals surface area (Å²) in [6.45, 7) is 3.03. The van der Waals surface area contributed by atoms with Crippen molar-refractivity contribution in [3.63, 3.8) is 0 Å². The molecule has 2 aromatic heterocycles. The maximum atomic E-state index is 12.5. The predicted molar refractivity (Wildman–Crippen MR) is 78.3 cm³/mol. The molecule has 0 aromatic carbocycles. The van der Waals surface area contributed by atoms with E-state index in [2.05, 4.69) is 15.2 Å². The van der Waals surface area contributed by atoms with Crippen LogP contribution in [0.2, 0.25) is 0 Å². The van der Waals surface area contributed by atoms with Gasteiger partial charge in [0.2, 0.25) is 10.0 Å². The van der Waals surface area contributed by atoms with Crippen LogP contribution in [0.15, 0.2) is 35.6 Å². The molecule has 2 aromatic rings. The van der Waals surface area contributed by atoms with E-state index in [1.165, 1.54) is 12.4 Å². The molecule has 1 N–H and O–H groups in total. The Balaban J connectivity index is 1.83. The summed E-state index contributed by atoms with van der Waals surface area (Å²) in [5.74, 6) is 0.224. The standard InChI is InChI=1S/C14H18N4O2S/c1-11-7-12(4-5-15-11)13-3-2-6-18(10-13)21(19,20)14-8-16-17-9-14/h4-5,7-9,13H,2-3,6,10H2,1H3,(H,16,17)/t13-/m0/s1. The minimum Gasteiger partial charge on any atom is -0.284 e. The van der Waals surface area contributed by atoms with E-state index in [-0.39, 0.29) is 10.8 Å². The van der Waals surface area contributed by atoms with Gasteiger partial charge in [-0.1, -0.05) is 0 Å². The number of aromatic amines is 1. The molecule has 7 heteroatoms. The summed E-state index contributed by atoms with van der Waals surface area (Å²) in [6.07, 6.45) is 6.43. The Hall–Kier alpha value is -1.73. The molecule has 21 heavy (non-hydrogen) atoms. The van der Waals surface area contributed by atoms with E-state index in [1.54, 1.807) is 10.5 Å². The minimum absolute atomic E-state index is 0.224. The summed E-state index contributed by atoms with van der Waals surface area (Å²) < 4.78 is 26.6. The van der Waals surface area contributed by atoms with Gasteiger partial charge >= 0.3 is 0 Å². The van der Waals surface area contributed by atoms with Crippen LogP contribution in [0.25, 0.3) is 0 Å².